The maximum absolute atomic E-state index is 5.56. The van der Waals surface area contributed by atoms with E-state index in [-0.39, 0.29) is 0 Å². The molecule has 0 radical (unpaired) electrons. The molecule has 0 amide bonds. The van der Waals surface area contributed by atoms with Crippen molar-refractivity contribution in [3.8, 4) is 0 Å². The van der Waals surface area contributed by atoms with E-state index in [0.29, 0.717) is 22.5 Å². The van der Waals surface area contributed by atoms with Crippen molar-refractivity contribution in [3.63, 3.8) is 0 Å². The van der Waals surface area contributed by atoms with Crippen LogP contribution in [-0.4, -0.2) is 39.5 Å². The topological polar surface area (TPSA) is 51.0 Å². The summed E-state index contributed by atoms with van der Waals surface area (Å²) < 4.78 is 5.56. The second-order valence-corrected chi connectivity index (χ2v) is 7.95. The summed E-state index contributed by atoms with van der Waals surface area (Å²) in [5.74, 6) is 4.37. The van der Waals surface area contributed by atoms with Crippen molar-refractivity contribution in [1.82, 2.24) is 15.5 Å². The predicted molar refractivity (Wildman–Crippen MR) is 87.6 cm³/mol. The van der Waals surface area contributed by atoms with Crippen LogP contribution >= 0.6 is 23.5 Å². The molecule has 0 saturated carbocycles. The van der Waals surface area contributed by atoms with E-state index in [1.54, 1.807) is 0 Å². The molecule has 1 aromatic heterocycles. The van der Waals surface area contributed by atoms with Crippen LogP contribution in [0.2, 0.25) is 0 Å². The average Bonchev–Trinajstić information content (AvgIpc) is 2.90. The summed E-state index contributed by atoms with van der Waals surface area (Å²) in [6.45, 7) is 9.71. The summed E-state index contributed by atoms with van der Waals surface area (Å²) in [6, 6.07) is 0.365. The van der Waals surface area contributed by atoms with Gasteiger partial charge in [0.2, 0.25) is 5.89 Å². The Balaban J connectivity index is 2.10. The molecular formula is C14H25N3OS2. The molecule has 1 fully saturated rings. The smallest absolute Gasteiger partial charge is 0.231 e. The van der Waals surface area contributed by atoms with Gasteiger partial charge in [-0.15, -0.1) is 11.8 Å². The van der Waals surface area contributed by atoms with Gasteiger partial charge in [0, 0.05) is 22.8 Å². The lowest BCUT2D eigenvalue weighted by molar-refractivity contribution is 0.315. The van der Waals surface area contributed by atoms with Gasteiger partial charge in [-0.1, -0.05) is 25.9 Å². The van der Waals surface area contributed by atoms with Gasteiger partial charge in [0.05, 0.1) is 11.2 Å². The molecule has 4 atom stereocenters. The van der Waals surface area contributed by atoms with Gasteiger partial charge in [-0.05, 0) is 19.9 Å². The number of hydrogen-bond acceptors (Lipinski definition) is 6. The SMILES string of the molecule is CCNC(C)C(CC)c1nc(C2SCCSC2C)no1. The molecule has 20 heavy (non-hydrogen) atoms. The quantitative estimate of drug-likeness (QED) is 0.867. The van der Waals surface area contributed by atoms with Crippen molar-refractivity contribution in [3.05, 3.63) is 11.7 Å². The molecule has 1 aliphatic heterocycles. The fourth-order valence-electron chi connectivity index (χ4n) is 2.64. The van der Waals surface area contributed by atoms with E-state index in [9.17, 15) is 0 Å². The molecule has 0 bridgehead atoms. The maximum Gasteiger partial charge on any atom is 0.231 e. The third kappa shape index (κ3) is 3.71. The van der Waals surface area contributed by atoms with Crippen LogP contribution in [0.25, 0.3) is 0 Å². The highest BCUT2D eigenvalue weighted by Gasteiger charge is 2.30. The van der Waals surface area contributed by atoms with Gasteiger partial charge in [0.1, 0.15) is 0 Å². The molecule has 1 N–H and O–H groups in total. The summed E-state index contributed by atoms with van der Waals surface area (Å²) in [7, 11) is 0. The van der Waals surface area contributed by atoms with Crippen LogP contribution < -0.4 is 5.32 Å². The molecule has 4 unspecified atom stereocenters. The summed E-state index contributed by atoms with van der Waals surface area (Å²) in [5, 5.41) is 8.64. The Morgan fingerprint density at radius 2 is 2.10 bits per heavy atom. The van der Waals surface area contributed by atoms with E-state index in [2.05, 4.69) is 38.2 Å². The summed E-state index contributed by atoms with van der Waals surface area (Å²) in [6.07, 6.45) is 1.01. The van der Waals surface area contributed by atoms with Crippen LogP contribution in [0.1, 0.15) is 57.0 Å². The monoisotopic (exact) mass is 315 g/mol. The van der Waals surface area contributed by atoms with Crippen molar-refractivity contribution in [2.75, 3.05) is 18.1 Å². The molecule has 0 aliphatic carbocycles. The number of hydrogen-bond donors (Lipinski definition) is 1. The average molecular weight is 316 g/mol. The Labute approximate surface area is 130 Å². The van der Waals surface area contributed by atoms with Crippen molar-refractivity contribution in [1.29, 1.82) is 0 Å². The third-order valence-corrected chi connectivity index (χ3v) is 6.87. The fourth-order valence-corrected chi connectivity index (χ4v) is 5.32. The standard InChI is InChI=1S/C14H25N3OS2/c1-5-11(9(3)15-6-2)14-16-13(17-18-14)12-10(4)19-7-8-20-12/h9-12,15H,5-8H2,1-4H3. The Morgan fingerprint density at radius 1 is 1.35 bits per heavy atom. The van der Waals surface area contributed by atoms with Crippen LogP contribution in [0.4, 0.5) is 0 Å². The normalized spacial score (nSPS) is 26.4. The van der Waals surface area contributed by atoms with Crippen LogP contribution in [0.3, 0.4) is 0 Å². The molecule has 1 saturated heterocycles. The first-order valence-electron chi connectivity index (χ1n) is 7.47. The minimum absolute atomic E-state index is 0.299. The van der Waals surface area contributed by atoms with Crippen molar-refractivity contribution in [2.45, 2.75) is 56.6 Å². The Kier molecular flexibility index (Phi) is 6.23. The number of thioether (sulfide) groups is 2. The highest BCUT2D eigenvalue weighted by Crippen LogP contribution is 2.41. The number of likely N-dealkylation sites (N-methyl/N-ethyl adjacent to an activating group) is 1. The molecule has 0 aromatic carbocycles. The van der Waals surface area contributed by atoms with Gasteiger partial charge in [0.15, 0.2) is 5.82 Å². The van der Waals surface area contributed by atoms with Crippen molar-refractivity contribution < 1.29 is 4.52 Å². The number of nitrogens with one attached hydrogen (secondary N) is 1. The summed E-state index contributed by atoms with van der Waals surface area (Å²) >= 11 is 3.96. The largest absolute Gasteiger partial charge is 0.339 e. The van der Waals surface area contributed by atoms with E-state index in [1.165, 1.54) is 11.5 Å². The first-order chi connectivity index (χ1) is 9.67. The van der Waals surface area contributed by atoms with Gasteiger partial charge in [-0.2, -0.15) is 16.7 Å². The first kappa shape index (κ1) is 16.2. The van der Waals surface area contributed by atoms with Gasteiger partial charge in [-0.3, -0.25) is 0 Å². The van der Waals surface area contributed by atoms with E-state index in [1.807, 2.05) is 23.5 Å². The van der Waals surface area contributed by atoms with E-state index in [4.69, 9.17) is 9.51 Å². The molecule has 2 heterocycles. The summed E-state index contributed by atoms with van der Waals surface area (Å²) in [5.41, 5.74) is 0. The zero-order valence-corrected chi connectivity index (χ0v) is 14.4. The lowest BCUT2D eigenvalue weighted by Crippen LogP contribution is -2.32. The molecule has 1 aromatic rings. The number of nitrogens with zero attached hydrogens (tertiary/aromatic N) is 2. The Morgan fingerprint density at radius 3 is 2.75 bits per heavy atom. The Hall–Kier alpha value is -0.200. The van der Waals surface area contributed by atoms with Crippen molar-refractivity contribution in [2.24, 2.45) is 0 Å². The van der Waals surface area contributed by atoms with E-state index in [0.717, 1.165) is 24.7 Å². The maximum atomic E-state index is 5.56. The van der Waals surface area contributed by atoms with Crippen LogP contribution in [0.15, 0.2) is 4.52 Å². The minimum atomic E-state index is 0.299. The molecule has 2 rings (SSSR count). The zero-order chi connectivity index (χ0) is 14.5. The van der Waals surface area contributed by atoms with E-state index < -0.39 is 0 Å². The summed E-state index contributed by atoms with van der Waals surface area (Å²) in [4.78, 5) is 4.71. The second kappa shape index (κ2) is 7.71. The molecule has 6 heteroatoms. The second-order valence-electron chi connectivity index (χ2n) is 5.22. The van der Waals surface area contributed by atoms with Gasteiger partial charge in [0.25, 0.3) is 0 Å². The highest BCUT2D eigenvalue weighted by molar-refractivity contribution is 8.06. The lowest BCUT2D eigenvalue weighted by Gasteiger charge is -2.25. The van der Waals surface area contributed by atoms with Crippen LogP contribution in [0, 0.1) is 0 Å². The highest BCUT2D eigenvalue weighted by atomic mass is 32.2. The first-order valence-corrected chi connectivity index (χ1v) is 9.57. The van der Waals surface area contributed by atoms with Crippen molar-refractivity contribution >= 4 is 23.5 Å². The lowest BCUT2D eigenvalue weighted by atomic mass is 9.98. The molecule has 4 nitrogen and oxygen atoms in total. The molecule has 1 aliphatic rings. The third-order valence-electron chi connectivity index (χ3n) is 3.79. The molecule has 114 valence electrons. The number of rotatable bonds is 6. The fraction of sp³-hybridized carbons (Fsp3) is 0.857. The zero-order valence-electron chi connectivity index (χ0n) is 12.8. The Bertz CT molecular complexity index is 413. The predicted octanol–water partition coefficient (Wildman–Crippen LogP) is 3.47. The van der Waals surface area contributed by atoms with Gasteiger partial charge in [-0.25, -0.2) is 0 Å². The minimum Gasteiger partial charge on any atom is -0.339 e. The number of aromatic nitrogens is 2. The van der Waals surface area contributed by atoms with Crippen LogP contribution in [0.5, 0.6) is 0 Å². The molecule has 0 spiro atoms. The van der Waals surface area contributed by atoms with Gasteiger partial charge >= 0.3 is 0 Å². The van der Waals surface area contributed by atoms with Crippen LogP contribution in [-0.2, 0) is 0 Å². The van der Waals surface area contributed by atoms with E-state index >= 15 is 0 Å². The van der Waals surface area contributed by atoms with Gasteiger partial charge < -0.3 is 9.84 Å². The molecular weight excluding hydrogens is 290 g/mol.